The smallest absolute Gasteiger partial charge is 0.243 e. The fraction of sp³-hybridized carbons (Fsp3) is 0.526. The number of rotatable bonds is 5. The number of carbonyl (C=O) groups is 1. The molecular weight excluding hydrogens is 380 g/mol. The van der Waals surface area contributed by atoms with E-state index >= 15 is 0 Å². The first-order valence-corrected chi connectivity index (χ1v) is 10.8. The van der Waals surface area contributed by atoms with Crippen LogP contribution >= 0.6 is 0 Å². The molecule has 0 atom stereocenters. The second-order valence-electron chi connectivity index (χ2n) is 7.46. The fourth-order valence-corrected chi connectivity index (χ4v) is 5.05. The Bertz CT molecular complexity index is 960. The van der Waals surface area contributed by atoms with E-state index in [-0.39, 0.29) is 22.8 Å². The van der Waals surface area contributed by atoms with Gasteiger partial charge in [-0.05, 0) is 45.2 Å². The predicted octanol–water partition coefficient (Wildman–Crippen LogP) is 2.28. The van der Waals surface area contributed by atoms with Gasteiger partial charge in [-0.25, -0.2) is 8.42 Å². The van der Waals surface area contributed by atoms with E-state index in [1.165, 1.54) is 4.31 Å². The Morgan fingerprint density at radius 3 is 2.50 bits per heavy atom. The third-order valence-corrected chi connectivity index (χ3v) is 6.89. The molecule has 2 aromatic rings. The van der Waals surface area contributed by atoms with E-state index in [1.54, 1.807) is 32.0 Å². The molecule has 0 spiro atoms. The number of nitrogens with one attached hydrogen (secondary N) is 1. The van der Waals surface area contributed by atoms with Crippen molar-refractivity contribution >= 4 is 15.9 Å². The normalized spacial score (nSPS) is 16.5. The zero-order valence-corrected chi connectivity index (χ0v) is 17.4. The highest BCUT2D eigenvalue weighted by Gasteiger charge is 2.33. The Morgan fingerprint density at radius 1 is 1.25 bits per heavy atom. The zero-order chi connectivity index (χ0) is 20.5. The molecule has 1 aromatic heterocycles. The summed E-state index contributed by atoms with van der Waals surface area (Å²) in [4.78, 5) is 16.6. The van der Waals surface area contributed by atoms with Gasteiger partial charge in [0, 0.05) is 37.5 Å². The van der Waals surface area contributed by atoms with Crippen LogP contribution in [-0.2, 0) is 14.8 Å². The molecule has 0 radical (unpaired) electrons. The molecule has 9 heteroatoms. The minimum atomic E-state index is -3.67. The van der Waals surface area contributed by atoms with Gasteiger partial charge >= 0.3 is 0 Å². The number of aromatic nitrogens is 2. The predicted molar refractivity (Wildman–Crippen MR) is 104 cm³/mol. The number of piperidine rings is 1. The maximum Gasteiger partial charge on any atom is 0.243 e. The second kappa shape index (κ2) is 8.00. The van der Waals surface area contributed by atoms with E-state index in [1.807, 2.05) is 13.8 Å². The molecule has 0 aliphatic carbocycles. The first kappa shape index (κ1) is 20.5. The van der Waals surface area contributed by atoms with Gasteiger partial charge in [0.25, 0.3) is 0 Å². The van der Waals surface area contributed by atoms with Gasteiger partial charge in [-0.15, -0.1) is 0 Å². The van der Waals surface area contributed by atoms with E-state index in [9.17, 15) is 13.2 Å². The van der Waals surface area contributed by atoms with Crippen molar-refractivity contribution in [3.05, 3.63) is 29.7 Å². The molecule has 1 N–H and O–H groups in total. The zero-order valence-electron chi connectivity index (χ0n) is 16.6. The van der Waals surface area contributed by atoms with Crippen molar-refractivity contribution < 1.29 is 17.7 Å². The molecule has 152 valence electrons. The number of sulfonamides is 1. The SMILES string of the molecule is Cc1nc(-c2ccc(C)c(S(=O)(=O)N3CCC(C(=O)NC(C)C)CC3)c2)no1. The van der Waals surface area contributed by atoms with E-state index in [0.29, 0.717) is 48.8 Å². The van der Waals surface area contributed by atoms with Crippen molar-refractivity contribution in [1.82, 2.24) is 19.8 Å². The summed E-state index contributed by atoms with van der Waals surface area (Å²) >= 11 is 0. The van der Waals surface area contributed by atoms with Crippen LogP contribution in [0.4, 0.5) is 0 Å². The summed E-state index contributed by atoms with van der Waals surface area (Å²) in [6.07, 6.45) is 1.03. The number of carbonyl (C=O) groups excluding carboxylic acids is 1. The van der Waals surface area contributed by atoms with Gasteiger partial charge in [0.15, 0.2) is 0 Å². The van der Waals surface area contributed by atoms with E-state index < -0.39 is 10.0 Å². The Kier molecular flexibility index (Phi) is 5.85. The average molecular weight is 407 g/mol. The van der Waals surface area contributed by atoms with Crippen molar-refractivity contribution in [1.29, 1.82) is 0 Å². The second-order valence-corrected chi connectivity index (χ2v) is 9.37. The van der Waals surface area contributed by atoms with Crippen LogP contribution < -0.4 is 5.32 Å². The summed E-state index contributed by atoms with van der Waals surface area (Å²) in [7, 11) is -3.67. The minimum absolute atomic E-state index is 0.00213. The molecule has 28 heavy (non-hydrogen) atoms. The standard InChI is InChI=1S/C19H26N4O4S/c1-12(2)20-19(24)15-7-9-23(10-8-15)28(25,26)17-11-16(6-5-13(17)3)18-21-14(4)27-22-18/h5-6,11-12,15H,7-10H2,1-4H3,(H,20,24). The summed E-state index contributed by atoms with van der Waals surface area (Å²) in [6.45, 7) is 7.92. The number of hydrogen-bond acceptors (Lipinski definition) is 6. The molecule has 8 nitrogen and oxygen atoms in total. The maximum absolute atomic E-state index is 13.2. The van der Waals surface area contributed by atoms with Crippen LogP contribution in [0.2, 0.25) is 0 Å². The number of nitrogens with zero attached hydrogens (tertiary/aromatic N) is 3. The largest absolute Gasteiger partial charge is 0.354 e. The van der Waals surface area contributed by atoms with Crippen molar-refractivity contribution in [2.45, 2.75) is 51.5 Å². The highest BCUT2D eigenvalue weighted by atomic mass is 32.2. The van der Waals surface area contributed by atoms with Crippen LogP contribution in [0.25, 0.3) is 11.4 Å². The van der Waals surface area contributed by atoms with Crippen LogP contribution in [0, 0.1) is 19.8 Å². The lowest BCUT2D eigenvalue weighted by Crippen LogP contribution is -2.44. The first-order valence-electron chi connectivity index (χ1n) is 9.40. The summed E-state index contributed by atoms with van der Waals surface area (Å²) < 4.78 is 32.9. The summed E-state index contributed by atoms with van der Waals surface area (Å²) in [5, 5.41) is 6.77. The molecule has 0 bridgehead atoms. The Labute approximate surface area is 165 Å². The van der Waals surface area contributed by atoms with Gasteiger partial charge in [-0.2, -0.15) is 9.29 Å². The van der Waals surface area contributed by atoms with Gasteiger partial charge < -0.3 is 9.84 Å². The number of amides is 1. The summed E-state index contributed by atoms with van der Waals surface area (Å²) in [6, 6.07) is 5.19. The number of benzene rings is 1. The van der Waals surface area contributed by atoms with Crippen molar-refractivity contribution in [3.63, 3.8) is 0 Å². The maximum atomic E-state index is 13.2. The van der Waals surface area contributed by atoms with Gasteiger partial charge in [-0.3, -0.25) is 4.79 Å². The average Bonchev–Trinajstić information content (AvgIpc) is 3.08. The molecule has 0 unspecified atom stereocenters. The Balaban J connectivity index is 1.79. The molecule has 1 fully saturated rings. The molecule has 1 aliphatic heterocycles. The fourth-order valence-electron chi connectivity index (χ4n) is 3.33. The molecule has 1 aliphatic rings. The molecular formula is C19H26N4O4S. The molecule has 0 saturated carbocycles. The quantitative estimate of drug-likeness (QED) is 0.817. The van der Waals surface area contributed by atoms with Crippen LogP contribution in [0.1, 0.15) is 38.1 Å². The van der Waals surface area contributed by atoms with Crippen molar-refractivity contribution in [3.8, 4) is 11.4 Å². The minimum Gasteiger partial charge on any atom is -0.354 e. The summed E-state index contributed by atoms with van der Waals surface area (Å²) in [5.74, 6) is 0.626. The molecule has 2 heterocycles. The van der Waals surface area contributed by atoms with E-state index in [0.717, 1.165) is 0 Å². The van der Waals surface area contributed by atoms with Crippen LogP contribution in [0.3, 0.4) is 0 Å². The molecule has 1 amide bonds. The van der Waals surface area contributed by atoms with E-state index in [4.69, 9.17) is 4.52 Å². The van der Waals surface area contributed by atoms with Crippen LogP contribution in [-0.4, -0.2) is 47.9 Å². The van der Waals surface area contributed by atoms with Crippen molar-refractivity contribution in [2.24, 2.45) is 5.92 Å². The Morgan fingerprint density at radius 2 is 1.93 bits per heavy atom. The molecule has 1 saturated heterocycles. The Hall–Kier alpha value is -2.26. The van der Waals surface area contributed by atoms with Gasteiger partial charge in [0.1, 0.15) is 0 Å². The molecule has 3 rings (SSSR count). The molecule has 1 aromatic carbocycles. The van der Waals surface area contributed by atoms with Crippen LogP contribution in [0.15, 0.2) is 27.6 Å². The van der Waals surface area contributed by atoms with Gasteiger partial charge in [0.2, 0.25) is 27.6 Å². The highest BCUT2D eigenvalue weighted by Crippen LogP contribution is 2.29. The third kappa shape index (κ3) is 4.25. The first-order chi connectivity index (χ1) is 13.2. The monoisotopic (exact) mass is 406 g/mol. The van der Waals surface area contributed by atoms with Crippen molar-refractivity contribution in [2.75, 3.05) is 13.1 Å². The lowest BCUT2D eigenvalue weighted by molar-refractivity contribution is -0.126. The third-order valence-electron chi connectivity index (χ3n) is 4.85. The lowest BCUT2D eigenvalue weighted by atomic mass is 9.97. The lowest BCUT2D eigenvalue weighted by Gasteiger charge is -2.31. The number of aryl methyl sites for hydroxylation is 2. The van der Waals surface area contributed by atoms with E-state index in [2.05, 4.69) is 15.5 Å². The topological polar surface area (TPSA) is 105 Å². The van der Waals surface area contributed by atoms with Crippen LogP contribution in [0.5, 0.6) is 0 Å². The highest BCUT2D eigenvalue weighted by molar-refractivity contribution is 7.89. The summed E-state index contributed by atoms with van der Waals surface area (Å²) in [5.41, 5.74) is 1.25. The van der Waals surface area contributed by atoms with Gasteiger partial charge in [-0.1, -0.05) is 17.3 Å². The number of hydrogen-bond donors (Lipinski definition) is 1. The van der Waals surface area contributed by atoms with Gasteiger partial charge in [0.05, 0.1) is 4.90 Å².